The van der Waals surface area contributed by atoms with Crippen LogP contribution in [0.3, 0.4) is 0 Å². The van der Waals surface area contributed by atoms with E-state index in [0.29, 0.717) is 12.8 Å². The van der Waals surface area contributed by atoms with Crippen LogP contribution in [0.15, 0.2) is 36.5 Å². The maximum Gasteiger partial charge on any atom is 0.220 e. The molecule has 542 valence electrons. The lowest BCUT2D eigenvalue weighted by atomic mass is 9.97. The zero-order chi connectivity index (χ0) is 66.6. The van der Waals surface area contributed by atoms with Crippen LogP contribution in [0.5, 0.6) is 0 Å². The van der Waals surface area contributed by atoms with Crippen molar-refractivity contribution in [3.8, 4) is 0 Å². The van der Waals surface area contributed by atoms with E-state index in [0.717, 1.165) is 44.9 Å². The van der Waals surface area contributed by atoms with E-state index in [1.807, 2.05) is 6.08 Å². The number of carbonyl (C=O) groups excluding carboxylic acids is 1. The molecule has 14 heteroatoms. The molecule has 2 aliphatic heterocycles. The molecule has 0 aromatic heterocycles. The van der Waals surface area contributed by atoms with Crippen molar-refractivity contribution in [2.75, 3.05) is 19.8 Å². The predicted octanol–water partition coefficient (Wildman–Crippen LogP) is 17.2. The third kappa shape index (κ3) is 45.7. The summed E-state index contributed by atoms with van der Waals surface area (Å²) in [5.74, 6) is -0.246. The topological polar surface area (TPSA) is 228 Å². The third-order valence-electron chi connectivity index (χ3n) is 19.3. The molecule has 0 aromatic rings. The first-order valence-corrected chi connectivity index (χ1v) is 39.2. The quantitative estimate of drug-likeness (QED) is 0.0204. The summed E-state index contributed by atoms with van der Waals surface area (Å²) >= 11 is 0. The molecule has 0 aromatic carbocycles. The highest BCUT2D eigenvalue weighted by molar-refractivity contribution is 5.76. The third-order valence-corrected chi connectivity index (χ3v) is 19.3. The number of amides is 1. The van der Waals surface area contributed by atoms with Gasteiger partial charge in [-0.2, -0.15) is 0 Å². The van der Waals surface area contributed by atoms with Gasteiger partial charge in [0, 0.05) is 6.42 Å². The molecule has 14 nitrogen and oxygen atoms in total. The molecular weight excluding hydrogens is 1160 g/mol. The van der Waals surface area contributed by atoms with E-state index in [1.54, 1.807) is 6.08 Å². The number of allylic oxidation sites excluding steroid dienone is 5. The molecule has 0 aliphatic carbocycles. The summed E-state index contributed by atoms with van der Waals surface area (Å²) in [6.45, 7) is 2.82. The van der Waals surface area contributed by atoms with Gasteiger partial charge in [-0.25, -0.2) is 0 Å². The molecule has 0 saturated carbocycles. The predicted molar refractivity (Wildman–Crippen MR) is 378 cm³/mol. The molecule has 2 heterocycles. The minimum absolute atomic E-state index is 0.246. The summed E-state index contributed by atoms with van der Waals surface area (Å²) in [6, 6.07) is -0.937. The normalized spacial score (nSPS) is 22.8. The number of unbranched alkanes of at least 4 members (excludes halogenated alkanes) is 49. The lowest BCUT2D eigenvalue weighted by Gasteiger charge is -2.46. The molecule has 92 heavy (non-hydrogen) atoms. The maximum absolute atomic E-state index is 13.3. The zero-order valence-corrected chi connectivity index (χ0v) is 59.3. The molecule has 2 saturated heterocycles. The highest BCUT2D eigenvalue weighted by Gasteiger charge is 2.51. The lowest BCUT2D eigenvalue weighted by molar-refractivity contribution is -0.359. The molecule has 12 atom stereocenters. The molecule has 1 amide bonds. The van der Waals surface area contributed by atoms with Crippen molar-refractivity contribution < 1.29 is 64.6 Å². The van der Waals surface area contributed by atoms with Gasteiger partial charge < -0.3 is 65.1 Å². The smallest absolute Gasteiger partial charge is 0.220 e. The van der Waals surface area contributed by atoms with Crippen molar-refractivity contribution in [2.45, 2.75) is 434 Å². The van der Waals surface area contributed by atoms with Crippen LogP contribution in [0, 0.1) is 0 Å². The van der Waals surface area contributed by atoms with Gasteiger partial charge in [0.1, 0.15) is 48.8 Å². The van der Waals surface area contributed by atoms with E-state index in [-0.39, 0.29) is 18.9 Å². The number of rotatable bonds is 66. The number of ether oxygens (including phenoxy) is 4. The van der Waals surface area contributed by atoms with E-state index in [2.05, 4.69) is 43.5 Å². The number of carbonyl (C=O) groups is 1. The number of nitrogens with one attached hydrogen (secondary N) is 1. The Morgan fingerprint density at radius 3 is 1.07 bits per heavy atom. The second kappa shape index (κ2) is 62.7. The first-order valence-electron chi connectivity index (χ1n) is 39.2. The first-order chi connectivity index (χ1) is 45.1. The lowest BCUT2D eigenvalue weighted by Crippen LogP contribution is -2.65. The molecule has 2 aliphatic rings. The van der Waals surface area contributed by atoms with Gasteiger partial charge in [0.2, 0.25) is 5.91 Å². The standard InChI is InChI=1S/C78H147NO13/c1-3-5-7-9-11-13-15-17-19-21-23-24-25-26-27-28-29-30-31-32-33-34-35-36-37-38-39-40-41-42-44-46-48-50-52-54-56-58-60-62-70(83)79-66(67(82)61-59-57-55-53-51-49-47-45-43-22-20-18-16-14-12-10-8-6-4-2)65-89-77-75(88)73(86)76(69(64-81)91-77)92-78-74(87)72(85)71(84)68(63-80)90-78/h43,45,51,53,59,61,66-69,71-78,80-82,84-88H,3-42,44,46-50,52,54-58,60,62-65H2,1-2H3,(H,79,83)/b45-43+,53-51+,61-59+. The van der Waals surface area contributed by atoms with Crippen molar-refractivity contribution in [3.05, 3.63) is 36.5 Å². The summed E-state index contributed by atoms with van der Waals surface area (Å²) in [5, 5.41) is 87.4. The average molecular weight is 1310 g/mol. The van der Waals surface area contributed by atoms with Crippen molar-refractivity contribution in [3.63, 3.8) is 0 Å². The molecule has 12 unspecified atom stereocenters. The van der Waals surface area contributed by atoms with E-state index in [1.165, 1.54) is 283 Å². The van der Waals surface area contributed by atoms with Crippen molar-refractivity contribution in [2.24, 2.45) is 0 Å². The van der Waals surface area contributed by atoms with Gasteiger partial charge in [-0.3, -0.25) is 4.79 Å². The largest absolute Gasteiger partial charge is 0.394 e. The van der Waals surface area contributed by atoms with Crippen LogP contribution in [0.1, 0.15) is 361 Å². The van der Waals surface area contributed by atoms with E-state index < -0.39 is 86.8 Å². The number of aliphatic hydroxyl groups is 8. The molecule has 2 fully saturated rings. The summed E-state index contributed by atoms with van der Waals surface area (Å²) in [7, 11) is 0. The summed E-state index contributed by atoms with van der Waals surface area (Å²) in [4.78, 5) is 13.3. The van der Waals surface area contributed by atoms with Gasteiger partial charge in [0.15, 0.2) is 12.6 Å². The Labute approximate surface area is 563 Å². The Morgan fingerprint density at radius 2 is 0.696 bits per heavy atom. The highest BCUT2D eigenvalue weighted by Crippen LogP contribution is 2.30. The van der Waals surface area contributed by atoms with Crippen LogP contribution < -0.4 is 5.32 Å². The second-order valence-electron chi connectivity index (χ2n) is 27.8. The van der Waals surface area contributed by atoms with Crippen LogP contribution in [-0.2, 0) is 23.7 Å². The van der Waals surface area contributed by atoms with Crippen molar-refractivity contribution in [1.82, 2.24) is 5.32 Å². The fourth-order valence-electron chi connectivity index (χ4n) is 13.1. The van der Waals surface area contributed by atoms with E-state index >= 15 is 0 Å². The maximum atomic E-state index is 13.3. The fourth-order valence-corrected chi connectivity index (χ4v) is 13.1. The SMILES string of the molecule is CCCCCCCCCCC/C=C/CC/C=C/CC/C=C/C(O)C(COC1OC(CO)C(OC2OC(CO)C(O)C(O)C2O)C(O)C1O)NC(=O)CCCCCCCCCCCCCCCCCCCCCCCCCCCCCCCCCCCCCCCCC. The summed E-state index contributed by atoms with van der Waals surface area (Å²) < 4.78 is 22.9. The van der Waals surface area contributed by atoms with Gasteiger partial charge in [-0.1, -0.05) is 346 Å². The molecule has 0 radical (unpaired) electrons. The Morgan fingerprint density at radius 1 is 0.380 bits per heavy atom. The molecule has 0 bridgehead atoms. The zero-order valence-electron chi connectivity index (χ0n) is 59.3. The summed E-state index contributed by atoms with van der Waals surface area (Å²) in [5.41, 5.74) is 0. The van der Waals surface area contributed by atoms with Crippen LogP contribution >= 0.6 is 0 Å². The van der Waals surface area contributed by atoms with E-state index in [4.69, 9.17) is 18.9 Å². The number of hydrogen-bond acceptors (Lipinski definition) is 13. The monoisotopic (exact) mass is 1310 g/mol. The first kappa shape index (κ1) is 86.3. The summed E-state index contributed by atoms with van der Waals surface area (Å²) in [6.07, 6.45) is 65.4. The van der Waals surface area contributed by atoms with Crippen LogP contribution in [0.2, 0.25) is 0 Å². The highest BCUT2D eigenvalue weighted by atomic mass is 16.7. The van der Waals surface area contributed by atoms with Crippen molar-refractivity contribution in [1.29, 1.82) is 0 Å². The molecule has 2 rings (SSSR count). The minimum Gasteiger partial charge on any atom is -0.394 e. The van der Waals surface area contributed by atoms with Gasteiger partial charge >= 0.3 is 0 Å². The average Bonchev–Trinajstić information content (AvgIpc) is 0.868. The number of aliphatic hydroxyl groups excluding tert-OH is 8. The Balaban J connectivity index is 1.57. The minimum atomic E-state index is -1.79. The van der Waals surface area contributed by atoms with Gasteiger partial charge in [-0.05, 0) is 44.9 Å². The fraction of sp³-hybridized carbons (Fsp3) is 0.910. The molecule has 9 N–H and O–H groups in total. The Bertz CT molecular complexity index is 1680. The van der Waals surface area contributed by atoms with Crippen LogP contribution in [0.25, 0.3) is 0 Å². The van der Waals surface area contributed by atoms with E-state index in [9.17, 15) is 45.6 Å². The molecular formula is C78H147NO13. The number of hydrogen-bond donors (Lipinski definition) is 9. The Kier molecular flexibility index (Phi) is 58.8. The molecule has 0 spiro atoms. The van der Waals surface area contributed by atoms with Crippen molar-refractivity contribution >= 4 is 5.91 Å². The van der Waals surface area contributed by atoms with Gasteiger partial charge in [0.05, 0.1) is 32.0 Å². The van der Waals surface area contributed by atoms with Gasteiger partial charge in [-0.15, -0.1) is 0 Å². The second-order valence-corrected chi connectivity index (χ2v) is 27.8. The van der Waals surface area contributed by atoms with Gasteiger partial charge in [0.25, 0.3) is 0 Å². The van der Waals surface area contributed by atoms with Crippen LogP contribution in [0.4, 0.5) is 0 Å². The van der Waals surface area contributed by atoms with Crippen LogP contribution in [-0.4, -0.2) is 140 Å². The Hall–Kier alpha value is -1.79.